The molecule has 3 heterocycles. The third kappa shape index (κ3) is 5.14. The molecule has 2 aromatic rings. The summed E-state index contributed by atoms with van der Waals surface area (Å²) >= 11 is 0. The van der Waals surface area contributed by atoms with Crippen LogP contribution in [0.15, 0.2) is 30.5 Å². The van der Waals surface area contributed by atoms with Gasteiger partial charge in [-0.2, -0.15) is 0 Å². The zero-order valence-electron chi connectivity index (χ0n) is 17.0. The van der Waals surface area contributed by atoms with E-state index < -0.39 is 0 Å². The van der Waals surface area contributed by atoms with Crippen LogP contribution in [0.2, 0.25) is 0 Å². The van der Waals surface area contributed by atoms with Gasteiger partial charge >= 0.3 is 0 Å². The van der Waals surface area contributed by atoms with Crippen molar-refractivity contribution >= 4 is 10.9 Å². The number of hydrogen-bond acceptors (Lipinski definition) is 2. The second kappa shape index (κ2) is 9.75. The summed E-state index contributed by atoms with van der Waals surface area (Å²) in [4.78, 5) is 5.33. The van der Waals surface area contributed by atoms with Crippen LogP contribution in [0.25, 0.3) is 10.9 Å². The number of aryl methyl sites for hydroxylation is 2. The summed E-state index contributed by atoms with van der Waals surface area (Å²) in [5, 5.41) is 1.48. The van der Waals surface area contributed by atoms with Crippen LogP contribution in [0.1, 0.15) is 56.9 Å². The largest absolute Gasteiger partial charge is 0.347 e. The first-order valence-corrected chi connectivity index (χ1v) is 11.4. The Morgan fingerprint density at radius 2 is 1.30 bits per heavy atom. The van der Waals surface area contributed by atoms with E-state index in [1.165, 1.54) is 108 Å². The first-order chi connectivity index (χ1) is 13.4. The van der Waals surface area contributed by atoms with Gasteiger partial charge in [0.05, 0.1) is 0 Å². The number of hydrogen-bond donors (Lipinski definition) is 0. The van der Waals surface area contributed by atoms with Gasteiger partial charge in [-0.05, 0) is 95.8 Å². The predicted molar refractivity (Wildman–Crippen MR) is 115 cm³/mol. The molecule has 0 saturated carbocycles. The fourth-order valence-electron chi connectivity index (χ4n) is 5.03. The van der Waals surface area contributed by atoms with E-state index in [4.69, 9.17) is 0 Å². The molecule has 2 saturated heterocycles. The molecule has 0 amide bonds. The lowest BCUT2D eigenvalue weighted by atomic mass is 10.1. The Bertz CT molecular complexity index is 635. The number of fused-ring (bicyclic) bond motifs is 1. The van der Waals surface area contributed by atoms with Gasteiger partial charge in [-0.15, -0.1) is 0 Å². The zero-order valence-corrected chi connectivity index (χ0v) is 17.0. The van der Waals surface area contributed by atoms with Crippen molar-refractivity contribution in [2.75, 3.05) is 39.3 Å². The number of benzene rings is 1. The Labute approximate surface area is 165 Å². The summed E-state index contributed by atoms with van der Waals surface area (Å²) in [5.41, 5.74) is 2.99. The van der Waals surface area contributed by atoms with Crippen LogP contribution >= 0.6 is 0 Å². The fourth-order valence-corrected chi connectivity index (χ4v) is 5.03. The SMILES string of the molecule is c1ccc2c(c1)c(CCCN1CCCCC1)cn2CCCN1CCCCC1. The molecule has 3 heteroatoms. The van der Waals surface area contributed by atoms with Crippen molar-refractivity contribution in [1.82, 2.24) is 14.4 Å². The highest BCUT2D eigenvalue weighted by molar-refractivity contribution is 5.83. The van der Waals surface area contributed by atoms with Crippen molar-refractivity contribution in [3.05, 3.63) is 36.0 Å². The van der Waals surface area contributed by atoms with Crippen LogP contribution in [0.4, 0.5) is 0 Å². The number of rotatable bonds is 8. The summed E-state index contributed by atoms with van der Waals surface area (Å²) in [6, 6.07) is 9.03. The summed E-state index contributed by atoms with van der Waals surface area (Å²) in [6.45, 7) is 8.95. The van der Waals surface area contributed by atoms with E-state index in [2.05, 4.69) is 44.8 Å². The maximum Gasteiger partial charge on any atom is 0.0483 e. The molecular formula is C24H37N3. The quantitative estimate of drug-likeness (QED) is 0.655. The lowest BCUT2D eigenvalue weighted by molar-refractivity contribution is 0.223. The molecule has 4 rings (SSSR count). The molecule has 1 aromatic carbocycles. The Balaban J connectivity index is 1.33. The van der Waals surface area contributed by atoms with Gasteiger partial charge in [0.15, 0.2) is 0 Å². The van der Waals surface area contributed by atoms with E-state index in [9.17, 15) is 0 Å². The molecule has 2 fully saturated rings. The normalized spacial score (nSPS) is 19.7. The Hall–Kier alpha value is -1.32. The van der Waals surface area contributed by atoms with Gasteiger partial charge in [-0.25, -0.2) is 0 Å². The monoisotopic (exact) mass is 367 g/mol. The highest BCUT2D eigenvalue weighted by Gasteiger charge is 2.13. The average molecular weight is 368 g/mol. The van der Waals surface area contributed by atoms with Gasteiger partial charge in [-0.1, -0.05) is 31.0 Å². The van der Waals surface area contributed by atoms with Crippen LogP contribution in [0.3, 0.4) is 0 Å². The van der Waals surface area contributed by atoms with Gasteiger partial charge in [0.1, 0.15) is 0 Å². The summed E-state index contributed by atoms with van der Waals surface area (Å²) in [5.74, 6) is 0. The molecule has 0 radical (unpaired) electrons. The molecule has 0 N–H and O–H groups in total. The first kappa shape index (κ1) is 19.0. The van der Waals surface area contributed by atoms with Crippen LogP contribution in [-0.2, 0) is 13.0 Å². The van der Waals surface area contributed by atoms with Gasteiger partial charge in [0.25, 0.3) is 0 Å². The van der Waals surface area contributed by atoms with Gasteiger partial charge in [0.2, 0.25) is 0 Å². The van der Waals surface area contributed by atoms with Crippen molar-refractivity contribution in [2.24, 2.45) is 0 Å². The minimum atomic E-state index is 1.16. The Morgan fingerprint density at radius 1 is 0.667 bits per heavy atom. The Morgan fingerprint density at radius 3 is 2.00 bits per heavy atom. The Kier molecular flexibility index (Phi) is 6.87. The molecule has 2 aliphatic heterocycles. The number of para-hydroxylation sites is 1. The summed E-state index contributed by atoms with van der Waals surface area (Å²) < 4.78 is 2.52. The van der Waals surface area contributed by atoms with E-state index in [1.807, 2.05) is 0 Å². The van der Waals surface area contributed by atoms with Crippen molar-refractivity contribution in [3.63, 3.8) is 0 Å². The van der Waals surface area contributed by atoms with E-state index in [0.29, 0.717) is 0 Å². The number of piperidine rings is 2. The second-order valence-electron chi connectivity index (χ2n) is 8.63. The van der Waals surface area contributed by atoms with Crippen LogP contribution in [0.5, 0.6) is 0 Å². The smallest absolute Gasteiger partial charge is 0.0483 e. The molecule has 0 atom stereocenters. The second-order valence-corrected chi connectivity index (χ2v) is 8.63. The van der Waals surface area contributed by atoms with Gasteiger partial charge in [0, 0.05) is 23.6 Å². The molecule has 3 nitrogen and oxygen atoms in total. The topological polar surface area (TPSA) is 11.4 Å². The van der Waals surface area contributed by atoms with E-state index in [1.54, 1.807) is 5.56 Å². The van der Waals surface area contributed by atoms with E-state index in [0.717, 1.165) is 6.54 Å². The molecule has 1 aromatic heterocycles. The molecule has 0 unspecified atom stereocenters. The minimum Gasteiger partial charge on any atom is -0.347 e. The average Bonchev–Trinajstić information content (AvgIpc) is 3.08. The van der Waals surface area contributed by atoms with Gasteiger partial charge in [-0.3, -0.25) is 0 Å². The molecule has 148 valence electrons. The van der Waals surface area contributed by atoms with Gasteiger partial charge < -0.3 is 14.4 Å². The van der Waals surface area contributed by atoms with Crippen LogP contribution in [0, 0.1) is 0 Å². The molecule has 0 spiro atoms. The highest BCUT2D eigenvalue weighted by atomic mass is 15.1. The van der Waals surface area contributed by atoms with Crippen molar-refractivity contribution in [3.8, 4) is 0 Å². The summed E-state index contributed by atoms with van der Waals surface area (Å²) in [6.07, 6.45) is 14.7. The lowest BCUT2D eigenvalue weighted by Crippen LogP contribution is -2.31. The van der Waals surface area contributed by atoms with Crippen molar-refractivity contribution < 1.29 is 0 Å². The number of likely N-dealkylation sites (tertiary alicyclic amines) is 2. The summed E-state index contributed by atoms with van der Waals surface area (Å²) in [7, 11) is 0. The van der Waals surface area contributed by atoms with Crippen LogP contribution in [-0.4, -0.2) is 53.6 Å². The lowest BCUT2D eigenvalue weighted by Gasteiger charge is -2.26. The van der Waals surface area contributed by atoms with Crippen LogP contribution < -0.4 is 0 Å². The maximum atomic E-state index is 2.67. The number of nitrogens with zero attached hydrogens (tertiary/aromatic N) is 3. The first-order valence-electron chi connectivity index (χ1n) is 11.4. The fraction of sp³-hybridized carbons (Fsp3) is 0.667. The third-order valence-corrected chi connectivity index (χ3v) is 6.56. The molecule has 27 heavy (non-hydrogen) atoms. The van der Waals surface area contributed by atoms with Crippen molar-refractivity contribution in [1.29, 1.82) is 0 Å². The molecule has 0 aliphatic carbocycles. The molecule has 0 bridgehead atoms. The van der Waals surface area contributed by atoms with Crippen molar-refractivity contribution in [2.45, 2.75) is 64.3 Å². The highest BCUT2D eigenvalue weighted by Crippen LogP contribution is 2.23. The molecular weight excluding hydrogens is 330 g/mol. The minimum absolute atomic E-state index is 1.16. The zero-order chi connectivity index (χ0) is 18.3. The number of aromatic nitrogens is 1. The standard InChI is InChI=1S/C24H37N3/c1-5-14-25(15-6-1)18-9-11-22-21-27(24-13-4-3-12-23(22)24)20-10-19-26-16-7-2-8-17-26/h3-4,12-13,21H,1-2,5-11,14-20H2. The van der Waals surface area contributed by atoms with E-state index in [-0.39, 0.29) is 0 Å². The predicted octanol–water partition coefficient (Wildman–Crippen LogP) is 4.94. The molecule has 2 aliphatic rings. The maximum absolute atomic E-state index is 2.67. The van der Waals surface area contributed by atoms with E-state index >= 15 is 0 Å². The third-order valence-electron chi connectivity index (χ3n) is 6.56.